The second kappa shape index (κ2) is 6.06. The number of benzene rings is 3. The first kappa shape index (κ1) is 16.8. The molecular weight excluding hydrogens is 348 g/mol. The minimum atomic E-state index is -0.0475. The molecule has 0 aliphatic heterocycles. The highest BCUT2D eigenvalue weighted by molar-refractivity contribution is 6.15. The Bertz CT molecular complexity index is 1410. The number of aryl methyl sites for hydroxylation is 2. The lowest BCUT2D eigenvalue weighted by atomic mass is 9.99. The average molecular weight is 368 g/mol. The van der Waals surface area contributed by atoms with Gasteiger partial charge in [0.15, 0.2) is 0 Å². The fourth-order valence-corrected chi connectivity index (χ4v) is 4.41. The van der Waals surface area contributed by atoms with Gasteiger partial charge in [-0.05, 0) is 48.9 Å². The predicted octanol–water partition coefficient (Wildman–Crippen LogP) is 4.66. The second-order valence-electron chi connectivity index (χ2n) is 7.08. The van der Waals surface area contributed by atoms with Gasteiger partial charge in [0.1, 0.15) is 0 Å². The molecule has 0 saturated heterocycles. The summed E-state index contributed by atoms with van der Waals surface area (Å²) in [5.41, 5.74) is 1.75. The molecule has 0 radical (unpaired) electrons. The van der Waals surface area contributed by atoms with Crippen LogP contribution in [0.2, 0.25) is 0 Å². The zero-order valence-electron chi connectivity index (χ0n) is 15.9. The van der Waals surface area contributed by atoms with E-state index in [0.717, 1.165) is 32.6 Å². The molecule has 5 aromatic rings. The highest BCUT2D eigenvalue weighted by Crippen LogP contribution is 2.30. The van der Waals surface area contributed by atoms with Crippen LogP contribution in [0, 0.1) is 0 Å². The van der Waals surface area contributed by atoms with Gasteiger partial charge < -0.3 is 9.13 Å². The van der Waals surface area contributed by atoms with Crippen LogP contribution in [-0.2, 0) is 13.1 Å². The van der Waals surface area contributed by atoms with E-state index < -0.39 is 0 Å². The van der Waals surface area contributed by atoms with Crippen LogP contribution in [0.15, 0.2) is 70.3 Å². The maximum absolute atomic E-state index is 13.2. The Balaban J connectivity index is 2.13. The van der Waals surface area contributed by atoms with Crippen LogP contribution in [0.5, 0.6) is 0 Å². The first-order valence-electron chi connectivity index (χ1n) is 9.66. The highest BCUT2D eigenvalue weighted by Gasteiger charge is 2.15. The van der Waals surface area contributed by atoms with Crippen LogP contribution >= 0.6 is 0 Å². The second-order valence-corrected chi connectivity index (χ2v) is 7.08. The highest BCUT2D eigenvalue weighted by atomic mass is 16.1. The summed E-state index contributed by atoms with van der Waals surface area (Å²) in [7, 11) is 0. The van der Waals surface area contributed by atoms with Crippen molar-refractivity contribution in [2.24, 2.45) is 0 Å². The van der Waals surface area contributed by atoms with Gasteiger partial charge in [-0.1, -0.05) is 36.4 Å². The Kier molecular flexibility index (Phi) is 3.63. The van der Waals surface area contributed by atoms with Gasteiger partial charge in [-0.3, -0.25) is 9.59 Å². The third-order valence-corrected chi connectivity index (χ3v) is 5.71. The van der Waals surface area contributed by atoms with Crippen LogP contribution in [0.3, 0.4) is 0 Å². The van der Waals surface area contributed by atoms with Crippen molar-refractivity contribution in [2.45, 2.75) is 26.9 Å². The van der Waals surface area contributed by atoms with Crippen molar-refractivity contribution in [3.63, 3.8) is 0 Å². The van der Waals surface area contributed by atoms with E-state index in [2.05, 4.69) is 0 Å². The third-order valence-electron chi connectivity index (χ3n) is 5.71. The Morgan fingerprint density at radius 3 is 1.39 bits per heavy atom. The molecule has 5 rings (SSSR count). The molecule has 0 amide bonds. The Labute approximate surface area is 161 Å². The average Bonchev–Trinajstić information content (AvgIpc) is 2.74. The quantitative estimate of drug-likeness (QED) is 0.336. The molecule has 0 atom stereocenters. The fourth-order valence-electron chi connectivity index (χ4n) is 4.41. The number of nitrogens with zero attached hydrogens (tertiary/aromatic N) is 2. The van der Waals surface area contributed by atoms with Crippen molar-refractivity contribution in [2.75, 3.05) is 0 Å². The monoisotopic (exact) mass is 368 g/mol. The maximum atomic E-state index is 13.2. The number of hydrogen-bond donors (Lipinski definition) is 0. The lowest BCUT2D eigenvalue weighted by molar-refractivity contribution is 0.765. The normalized spacial score (nSPS) is 11.8. The molecular formula is C24H20N2O2. The van der Waals surface area contributed by atoms with E-state index in [4.69, 9.17) is 0 Å². The number of fused-ring (bicyclic) bond motifs is 6. The van der Waals surface area contributed by atoms with Crippen molar-refractivity contribution in [1.29, 1.82) is 0 Å². The molecule has 0 unspecified atom stereocenters. The molecule has 0 aliphatic carbocycles. The van der Waals surface area contributed by atoms with E-state index in [1.807, 2.05) is 68.4 Å². The zero-order valence-corrected chi connectivity index (χ0v) is 15.9. The number of rotatable bonds is 2. The first-order chi connectivity index (χ1) is 13.7. The van der Waals surface area contributed by atoms with Gasteiger partial charge in [0, 0.05) is 34.6 Å². The molecule has 4 nitrogen and oxygen atoms in total. The van der Waals surface area contributed by atoms with Crippen molar-refractivity contribution < 1.29 is 0 Å². The van der Waals surface area contributed by atoms with E-state index >= 15 is 0 Å². The molecule has 2 heterocycles. The van der Waals surface area contributed by atoms with Crippen LogP contribution < -0.4 is 11.1 Å². The number of para-hydroxylation sites is 2. The number of hydrogen-bond acceptors (Lipinski definition) is 2. The van der Waals surface area contributed by atoms with E-state index in [-0.39, 0.29) is 11.1 Å². The summed E-state index contributed by atoms with van der Waals surface area (Å²) >= 11 is 0. The summed E-state index contributed by atoms with van der Waals surface area (Å²) < 4.78 is 3.56. The minimum absolute atomic E-state index is 0.0475. The molecule has 0 aliphatic rings. The summed E-state index contributed by atoms with van der Waals surface area (Å²) in [5.74, 6) is 0. The van der Waals surface area contributed by atoms with E-state index in [1.165, 1.54) is 0 Å². The topological polar surface area (TPSA) is 44.0 Å². The maximum Gasteiger partial charge on any atom is 0.258 e. The SMILES string of the molecule is CCn1c(=O)c2cc3c(=O)n(CC)c4ccccc4c3cc2c2ccccc21. The molecule has 0 bridgehead atoms. The standard InChI is InChI=1S/C24H20N2O2/c1-3-25-21-11-7-5-9-15(21)17-13-18-16-10-6-8-12-22(16)26(4-2)24(28)20(18)14-19(17)23(25)27/h5-14H,3-4H2,1-2H3. The Morgan fingerprint density at radius 1 is 0.571 bits per heavy atom. The van der Waals surface area contributed by atoms with Crippen LogP contribution in [0.1, 0.15) is 13.8 Å². The Hall–Kier alpha value is -3.40. The largest absolute Gasteiger partial charge is 0.308 e. The first-order valence-corrected chi connectivity index (χ1v) is 9.66. The van der Waals surface area contributed by atoms with Gasteiger partial charge in [0.05, 0.1) is 11.0 Å². The van der Waals surface area contributed by atoms with E-state index in [9.17, 15) is 9.59 Å². The molecule has 0 fully saturated rings. The molecule has 2 aromatic heterocycles. The van der Waals surface area contributed by atoms with Crippen molar-refractivity contribution in [1.82, 2.24) is 9.13 Å². The van der Waals surface area contributed by atoms with E-state index in [0.29, 0.717) is 23.9 Å². The van der Waals surface area contributed by atoms with Crippen molar-refractivity contribution in [3.05, 3.63) is 81.4 Å². The summed E-state index contributed by atoms with van der Waals surface area (Å²) in [5, 5.41) is 5.06. The van der Waals surface area contributed by atoms with Gasteiger partial charge in [0.25, 0.3) is 11.1 Å². The lowest BCUT2D eigenvalue weighted by Crippen LogP contribution is -2.22. The molecule has 0 saturated carbocycles. The summed E-state index contributed by atoms with van der Waals surface area (Å²) in [6.45, 7) is 5.12. The lowest BCUT2D eigenvalue weighted by Gasteiger charge is -2.15. The third kappa shape index (κ3) is 2.12. The zero-order chi connectivity index (χ0) is 19.4. The van der Waals surface area contributed by atoms with Crippen LogP contribution in [0.4, 0.5) is 0 Å². The van der Waals surface area contributed by atoms with Gasteiger partial charge >= 0.3 is 0 Å². The van der Waals surface area contributed by atoms with Gasteiger partial charge in [-0.15, -0.1) is 0 Å². The summed E-state index contributed by atoms with van der Waals surface area (Å²) in [6.07, 6.45) is 0. The number of pyridine rings is 2. The van der Waals surface area contributed by atoms with Gasteiger partial charge in [0.2, 0.25) is 0 Å². The molecule has 0 spiro atoms. The summed E-state index contributed by atoms with van der Waals surface area (Å²) in [6, 6.07) is 19.8. The Morgan fingerprint density at radius 2 is 0.964 bits per heavy atom. The van der Waals surface area contributed by atoms with Crippen LogP contribution in [-0.4, -0.2) is 9.13 Å². The molecule has 3 aromatic carbocycles. The molecule has 138 valence electrons. The fraction of sp³-hybridized carbons (Fsp3) is 0.167. The van der Waals surface area contributed by atoms with Gasteiger partial charge in [-0.25, -0.2) is 0 Å². The predicted molar refractivity (Wildman–Crippen MR) is 116 cm³/mol. The number of aromatic nitrogens is 2. The molecule has 28 heavy (non-hydrogen) atoms. The van der Waals surface area contributed by atoms with E-state index in [1.54, 1.807) is 15.2 Å². The molecule has 0 N–H and O–H groups in total. The molecule has 4 heteroatoms. The van der Waals surface area contributed by atoms with Crippen molar-refractivity contribution in [3.8, 4) is 0 Å². The summed E-state index contributed by atoms with van der Waals surface area (Å²) in [4.78, 5) is 26.4. The van der Waals surface area contributed by atoms with Crippen molar-refractivity contribution >= 4 is 43.4 Å². The minimum Gasteiger partial charge on any atom is -0.308 e. The van der Waals surface area contributed by atoms with Crippen LogP contribution in [0.25, 0.3) is 43.4 Å². The smallest absolute Gasteiger partial charge is 0.258 e. The van der Waals surface area contributed by atoms with Gasteiger partial charge in [-0.2, -0.15) is 0 Å².